The molecule has 1 heterocycles. The predicted molar refractivity (Wildman–Crippen MR) is 85.7 cm³/mol. The van der Waals surface area contributed by atoms with Crippen LogP contribution < -0.4 is 5.32 Å². The minimum absolute atomic E-state index is 0.204. The maximum atomic E-state index is 13.5. The molecule has 2 N–H and O–H groups in total. The summed E-state index contributed by atoms with van der Waals surface area (Å²) in [5.74, 6) is 0.557. The molecule has 1 aliphatic rings. The van der Waals surface area contributed by atoms with E-state index >= 15 is 0 Å². The molecule has 116 valence electrons. The van der Waals surface area contributed by atoms with E-state index in [2.05, 4.69) is 31.1 Å². The number of likely N-dealkylation sites (tertiary alicyclic amines) is 1. The number of nitrogens with zero attached hydrogens (tertiary/aromatic N) is 2. The van der Waals surface area contributed by atoms with Crippen LogP contribution >= 0.6 is 15.9 Å². The van der Waals surface area contributed by atoms with Crippen LogP contribution in [0.15, 0.2) is 27.7 Å². The SMILES string of the molecule is CCNC(=NCc1ccc(Br)c(F)c1)N1CCC(O)CC1. The lowest BCUT2D eigenvalue weighted by Crippen LogP contribution is -2.46. The lowest BCUT2D eigenvalue weighted by Gasteiger charge is -2.32. The lowest BCUT2D eigenvalue weighted by molar-refractivity contribution is 0.108. The maximum Gasteiger partial charge on any atom is 0.194 e. The van der Waals surface area contributed by atoms with Gasteiger partial charge in [-0.05, 0) is 53.4 Å². The highest BCUT2D eigenvalue weighted by Crippen LogP contribution is 2.17. The summed E-state index contributed by atoms with van der Waals surface area (Å²) < 4.78 is 14.0. The number of halogens is 2. The van der Waals surface area contributed by atoms with E-state index in [0.717, 1.165) is 44.0 Å². The highest BCUT2D eigenvalue weighted by molar-refractivity contribution is 9.10. The Bertz CT molecular complexity index is 502. The van der Waals surface area contributed by atoms with Crippen molar-refractivity contribution in [3.8, 4) is 0 Å². The molecule has 2 rings (SSSR count). The Morgan fingerprint density at radius 2 is 2.19 bits per heavy atom. The first kappa shape index (κ1) is 16.2. The van der Waals surface area contributed by atoms with Crippen molar-refractivity contribution >= 4 is 21.9 Å². The van der Waals surface area contributed by atoms with Gasteiger partial charge in [0.25, 0.3) is 0 Å². The molecule has 6 heteroatoms. The van der Waals surface area contributed by atoms with E-state index in [4.69, 9.17) is 0 Å². The Hall–Kier alpha value is -1.14. The predicted octanol–water partition coefficient (Wildman–Crippen LogP) is 2.51. The van der Waals surface area contributed by atoms with Crippen LogP contribution in [0.5, 0.6) is 0 Å². The zero-order chi connectivity index (χ0) is 15.2. The molecular formula is C15H21BrFN3O. The van der Waals surface area contributed by atoms with Gasteiger partial charge in [0.2, 0.25) is 0 Å². The summed E-state index contributed by atoms with van der Waals surface area (Å²) in [6.45, 7) is 4.83. The van der Waals surface area contributed by atoms with Gasteiger partial charge in [-0.2, -0.15) is 0 Å². The number of aliphatic imine (C=N–C) groups is 1. The largest absolute Gasteiger partial charge is 0.393 e. The van der Waals surface area contributed by atoms with Gasteiger partial charge < -0.3 is 15.3 Å². The quantitative estimate of drug-likeness (QED) is 0.645. The molecule has 0 saturated carbocycles. The molecule has 1 aromatic carbocycles. The van der Waals surface area contributed by atoms with Crippen molar-refractivity contribution in [3.63, 3.8) is 0 Å². The first-order chi connectivity index (χ1) is 10.1. The second kappa shape index (κ2) is 7.75. The summed E-state index contributed by atoms with van der Waals surface area (Å²) in [6, 6.07) is 5.06. The standard InChI is InChI=1S/C15H21BrFN3O/c1-2-18-15(20-7-5-12(21)6-8-20)19-10-11-3-4-13(16)14(17)9-11/h3-4,9,12,21H,2,5-8,10H2,1H3,(H,18,19). The molecule has 1 aromatic rings. The third kappa shape index (κ3) is 4.68. The molecule has 0 radical (unpaired) electrons. The number of hydrogen-bond donors (Lipinski definition) is 2. The number of benzene rings is 1. The smallest absolute Gasteiger partial charge is 0.194 e. The first-order valence-corrected chi connectivity index (χ1v) is 8.04. The summed E-state index contributed by atoms with van der Waals surface area (Å²) in [4.78, 5) is 6.72. The molecule has 4 nitrogen and oxygen atoms in total. The van der Waals surface area contributed by atoms with Crippen LogP contribution in [0.2, 0.25) is 0 Å². The fourth-order valence-corrected chi connectivity index (χ4v) is 2.55. The Balaban J connectivity index is 2.04. The van der Waals surface area contributed by atoms with Crippen LogP contribution in [-0.4, -0.2) is 41.7 Å². The van der Waals surface area contributed by atoms with Gasteiger partial charge in [-0.25, -0.2) is 9.38 Å². The molecule has 0 atom stereocenters. The van der Waals surface area contributed by atoms with Crippen LogP contribution in [0.4, 0.5) is 4.39 Å². The van der Waals surface area contributed by atoms with E-state index in [-0.39, 0.29) is 11.9 Å². The summed E-state index contributed by atoms with van der Waals surface area (Å²) in [7, 11) is 0. The molecule has 1 fully saturated rings. The molecule has 0 unspecified atom stereocenters. The van der Waals surface area contributed by atoms with E-state index < -0.39 is 0 Å². The van der Waals surface area contributed by atoms with Crippen LogP contribution in [0.25, 0.3) is 0 Å². The van der Waals surface area contributed by atoms with Crippen molar-refractivity contribution in [3.05, 3.63) is 34.1 Å². The third-order valence-corrected chi connectivity index (χ3v) is 4.14. The molecular weight excluding hydrogens is 337 g/mol. The lowest BCUT2D eigenvalue weighted by atomic mass is 10.1. The van der Waals surface area contributed by atoms with Gasteiger partial charge >= 0.3 is 0 Å². The average Bonchev–Trinajstić information content (AvgIpc) is 2.48. The zero-order valence-electron chi connectivity index (χ0n) is 12.1. The number of guanidine groups is 1. The number of nitrogens with one attached hydrogen (secondary N) is 1. The van der Waals surface area contributed by atoms with Crippen molar-refractivity contribution in [2.24, 2.45) is 4.99 Å². The molecule has 0 bridgehead atoms. The van der Waals surface area contributed by atoms with Crippen molar-refractivity contribution in [1.29, 1.82) is 0 Å². The minimum atomic E-state index is -0.270. The zero-order valence-corrected chi connectivity index (χ0v) is 13.7. The summed E-state index contributed by atoms with van der Waals surface area (Å²) in [6.07, 6.45) is 1.32. The molecule has 21 heavy (non-hydrogen) atoms. The molecule has 0 spiro atoms. The summed E-state index contributed by atoms with van der Waals surface area (Å²) in [5, 5.41) is 12.8. The van der Waals surface area contributed by atoms with E-state index in [1.165, 1.54) is 6.07 Å². The summed E-state index contributed by atoms with van der Waals surface area (Å²) in [5.41, 5.74) is 0.836. The van der Waals surface area contributed by atoms with Crippen molar-refractivity contribution in [1.82, 2.24) is 10.2 Å². The van der Waals surface area contributed by atoms with Crippen molar-refractivity contribution < 1.29 is 9.50 Å². The fourth-order valence-electron chi connectivity index (χ4n) is 2.31. The molecule has 0 amide bonds. The van der Waals surface area contributed by atoms with E-state index in [0.29, 0.717) is 11.0 Å². The number of hydrogen-bond acceptors (Lipinski definition) is 2. The number of piperidine rings is 1. The first-order valence-electron chi connectivity index (χ1n) is 7.25. The Kier molecular flexibility index (Phi) is 5.99. The highest BCUT2D eigenvalue weighted by Gasteiger charge is 2.19. The molecule has 1 aliphatic heterocycles. The summed E-state index contributed by atoms with van der Waals surface area (Å²) >= 11 is 3.15. The van der Waals surface area contributed by atoms with E-state index in [9.17, 15) is 9.50 Å². The second-order valence-electron chi connectivity index (χ2n) is 5.14. The second-order valence-corrected chi connectivity index (χ2v) is 5.99. The van der Waals surface area contributed by atoms with E-state index in [1.54, 1.807) is 6.07 Å². The molecule has 1 saturated heterocycles. The monoisotopic (exact) mass is 357 g/mol. The van der Waals surface area contributed by atoms with Crippen molar-refractivity contribution in [2.75, 3.05) is 19.6 Å². The van der Waals surface area contributed by atoms with Gasteiger partial charge in [-0.1, -0.05) is 6.07 Å². The normalized spacial score (nSPS) is 17.1. The van der Waals surface area contributed by atoms with Gasteiger partial charge in [0, 0.05) is 19.6 Å². The average molecular weight is 358 g/mol. The van der Waals surface area contributed by atoms with Crippen molar-refractivity contribution in [2.45, 2.75) is 32.4 Å². The number of aliphatic hydroxyl groups is 1. The van der Waals surface area contributed by atoms with Gasteiger partial charge in [0.05, 0.1) is 17.1 Å². The van der Waals surface area contributed by atoms with Crippen LogP contribution in [-0.2, 0) is 6.54 Å². The Morgan fingerprint density at radius 1 is 1.48 bits per heavy atom. The van der Waals surface area contributed by atoms with Gasteiger partial charge in [-0.3, -0.25) is 0 Å². The van der Waals surface area contributed by atoms with Gasteiger partial charge in [0.1, 0.15) is 5.82 Å². The third-order valence-electron chi connectivity index (χ3n) is 3.49. The number of aliphatic hydroxyl groups excluding tert-OH is 1. The van der Waals surface area contributed by atoms with Gasteiger partial charge in [-0.15, -0.1) is 0 Å². The van der Waals surface area contributed by atoms with Crippen LogP contribution in [0, 0.1) is 5.82 Å². The topological polar surface area (TPSA) is 47.9 Å². The van der Waals surface area contributed by atoms with Crippen LogP contribution in [0.3, 0.4) is 0 Å². The Labute approximate surface area is 133 Å². The molecule has 0 aromatic heterocycles. The van der Waals surface area contributed by atoms with E-state index in [1.807, 2.05) is 13.0 Å². The minimum Gasteiger partial charge on any atom is -0.393 e. The highest BCUT2D eigenvalue weighted by atomic mass is 79.9. The number of rotatable bonds is 3. The van der Waals surface area contributed by atoms with Crippen LogP contribution in [0.1, 0.15) is 25.3 Å². The molecule has 0 aliphatic carbocycles. The Morgan fingerprint density at radius 3 is 2.81 bits per heavy atom. The van der Waals surface area contributed by atoms with Gasteiger partial charge in [0.15, 0.2) is 5.96 Å². The maximum absolute atomic E-state index is 13.5. The fraction of sp³-hybridized carbons (Fsp3) is 0.533.